The molecule has 1 saturated carbocycles. The zero-order valence-electron chi connectivity index (χ0n) is 23.1. The van der Waals surface area contributed by atoms with E-state index in [0.717, 1.165) is 69.9 Å². The zero-order valence-corrected chi connectivity index (χ0v) is 24.7. The van der Waals surface area contributed by atoms with Crippen LogP contribution in [0.5, 0.6) is 0 Å². The van der Waals surface area contributed by atoms with Gasteiger partial charge in [-0.2, -0.15) is 0 Å². The van der Waals surface area contributed by atoms with Crippen molar-refractivity contribution < 1.29 is 8.42 Å². The number of rotatable bonds is 16. The summed E-state index contributed by atoms with van der Waals surface area (Å²) in [6, 6.07) is 16.7. The Balaban J connectivity index is 1.31. The molecule has 0 aromatic heterocycles. The first-order chi connectivity index (χ1) is 18.5. The number of hydrogen-bond donors (Lipinski definition) is 1. The Labute approximate surface area is 236 Å². The molecule has 1 unspecified atom stereocenters. The molecule has 0 spiro atoms. The van der Waals surface area contributed by atoms with Gasteiger partial charge in [-0.3, -0.25) is 9.80 Å². The molecule has 1 heterocycles. The number of unbranched alkanes of at least 4 members (excludes halogenated alkanes) is 7. The fourth-order valence-electron chi connectivity index (χ4n) is 5.52. The second-order valence-corrected chi connectivity index (χ2v) is 13.4. The second-order valence-electron chi connectivity index (χ2n) is 11.1. The summed E-state index contributed by atoms with van der Waals surface area (Å²) in [6.45, 7) is 6.44. The molecule has 1 saturated heterocycles. The third-order valence-electron chi connectivity index (χ3n) is 7.95. The minimum atomic E-state index is -3.34. The molecule has 0 amide bonds. The molecular formula is C31H46ClN3O2S. The van der Waals surface area contributed by atoms with E-state index in [2.05, 4.69) is 57.8 Å². The highest BCUT2D eigenvalue weighted by atomic mass is 35.5. The molecule has 4 rings (SSSR count). The molecule has 1 aliphatic carbocycles. The highest BCUT2D eigenvalue weighted by molar-refractivity contribution is 7.90. The van der Waals surface area contributed by atoms with Gasteiger partial charge < -0.3 is 0 Å². The van der Waals surface area contributed by atoms with Crippen LogP contribution in [0.1, 0.15) is 83.1 Å². The van der Waals surface area contributed by atoms with E-state index in [-0.39, 0.29) is 6.04 Å². The van der Waals surface area contributed by atoms with Crippen LogP contribution >= 0.6 is 11.6 Å². The number of nitrogens with one attached hydrogen (secondary N) is 1. The lowest BCUT2D eigenvalue weighted by atomic mass is 9.99. The van der Waals surface area contributed by atoms with Gasteiger partial charge >= 0.3 is 0 Å². The molecule has 38 heavy (non-hydrogen) atoms. The smallest absolute Gasteiger partial charge is 0.228 e. The van der Waals surface area contributed by atoms with Gasteiger partial charge in [0, 0.05) is 43.8 Å². The van der Waals surface area contributed by atoms with Crippen LogP contribution in [0, 0.1) is 0 Å². The van der Waals surface area contributed by atoms with Crippen LogP contribution in [0.2, 0.25) is 5.02 Å². The Hall–Kier alpha value is -1.44. The molecule has 5 nitrogen and oxygen atoms in total. The van der Waals surface area contributed by atoms with E-state index >= 15 is 0 Å². The van der Waals surface area contributed by atoms with Gasteiger partial charge in [0.05, 0.1) is 0 Å². The lowest BCUT2D eigenvalue weighted by molar-refractivity contribution is 0.112. The van der Waals surface area contributed by atoms with E-state index in [0.29, 0.717) is 0 Å². The van der Waals surface area contributed by atoms with Gasteiger partial charge in [0.1, 0.15) is 5.37 Å². The summed E-state index contributed by atoms with van der Waals surface area (Å²) in [4.78, 5) is 4.69. The molecule has 2 fully saturated rings. The quantitative estimate of drug-likeness (QED) is 0.224. The number of halogens is 1. The topological polar surface area (TPSA) is 52.7 Å². The molecule has 1 N–H and O–H groups in total. The number of hydrogen-bond acceptors (Lipinski definition) is 4. The minimum Gasteiger partial charge on any atom is -0.297 e. The second kappa shape index (κ2) is 14.8. The fraction of sp³-hybridized carbons (Fsp3) is 0.613. The third kappa shape index (κ3) is 9.06. The van der Waals surface area contributed by atoms with Crippen molar-refractivity contribution in [1.29, 1.82) is 0 Å². The van der Waals surface area contributed by atoms with Crippen molar-refractivity contribution in [3.8, 4) is 11.1 Å². The average Bonchev–Trinajstić information content (AvgIpc) is 3.72. The van der Waals surface area contributed by atoms with E-state index in [1.807, 2.05) is 12.1 Å². The Morgan fingerprint density at radius 3 is 2.16 bits per heavy atom. The largest absolute Gasteiger partial charge is 0.297 e. The number of nitrogens with zero attached hydrogens (tertiary/aromatic N) is 2. The molecule has 2 aromatic rings. The Morgan fingerprint density at radius 1 is 0.868 bits per heavy atom. The molecule has 0 radical (unpaired) electrons. The normalized spacial score (nSPS) is 18.1. The van der Waals surface area contributed by atoms with Gasteiger partial charge in [-0.1, -0.05) is 106 Å². The van der Waals surface area contributed by atoms with Crippen LogP contribution in [0.25, 0.3) is 11.1 Å². The van der Waals surface area contributed by atoms with Crippen LogP contribution in [0.15, 0.2) is 48.5 Å². The average molecular weight is 560 g/mol. The van der Waals surface area contributed by atoms with Crippen molar-refractivity contribution >= 4 is 21.6 Å². The standard InChI is InChI=1S/C31H46ClN3O2S/c1-2-3-4-5-6-7-8-9-14-31(38(36,37)33-29-19-20-29)35-23-21-34(22-24-35)25-27-12-10-11-13-30(27)26-15-17-28(32)18-16-26/h10-13,15-18,29,31,33H,2-9,14,19-25H2,1H3. The first kappa shape index (κ1) is 29.5. The minimum absolute atomic E-state index is 0.159. The highest BCUT2D eigenvalue weighted by Crippen LogP contribution is 2.28. The van der Waals surface area contributed by atoms with Crippen LogP contribution in [0.4, 0.5) is 0 Å². The van der Waals surface area contributed by atoms with Crippen LogP contribution in [-0.2, 0) is 16.6 Å². The molecule has 1 aliphatic heterocycles. The van der Waals surface area contributed by atoms with Crippen molar-refractivity contribution in [2.45, 2.75) is 95.5 Å². The summed E-state index contributed by atoms with van der Waals surface area (Å²) < 4.78 is 29.7. The summed E-state index contributed by atoms with van der Waals surface area (Å²) in [5.74, 6) is 0. The van der Waals surface area contributed by atoms with Gasteiger partial charge in [-0.25, -0.2) is 13.1 Å². The molecule has 1 atom stereocenters. The Morgan fingerprint density at radius 2 is 1.50 bits per heavy atom. The fourth-order valence-corrected chi connectivity index (χ4v) is 7.58. The van der Waals surface area contributed by atoms with E-state index in [9.17, 15) is 8.42 Å². The number of piperazine rings is 1. The van der Waals surface area contributed by atoms with E-state index in [4.69, 9.17) is 11.6 Å². The first-order valence-electron chi connectivity index (χ1n) is 14.8. The molecule has 7 heteroatoms. The van der Waals surface area contributed by atoms with Gasteiger partial charge in [-0.05, 0) is 48.1 Å². The van der Waals surface area contributed by atoms with Crippen LogP contribution < -0.4 is 4.72 Å². The summed E-state index contributed by atoms with van der Waals surface area (Å²) in [5.41, 5.74) is 3.70. The summed E-state index contributed by atoms with van der Waals surface area (Å²) >= 11 is 6.11. The molecular weight excluding hydrogens is 514 g/mol. The third-order valence-corrected chi connectivity index (χ3v) is 10.1. The van der Waals surface area contributed by atoms with Crippen LogP contribution in [0.3, 0.4) is 0 Å². The highest BCUT2D eigenvalue weighted by Gasteiger charge is 2.37. The maximum absolute atomic E-state index is 13.3. The van der Waals surface area contributed by atoms with Gasteiger partial charge in [0.25, 0.3) is 0 Å². The van der Waals surface area contributed by atoms with Crippen molar-refractivity contribution in [2.24, 2.45) is 0 Å². The zero-order chi connectivity index (χ0) is 26.8. The van der Waals surface area contributed by atoms with E-state index < -0.39 is 15.4 Å². The first-order valence-corrected chi connectivity index (χ1v) is 16.7. The Kier molecular flexibility index (Phi) is 11.5. The van der Waals surface area contributed by atoms with Crippen molar-refractivity contribution in [2.75, 3.05) is 26.2 Å². The molecule has 210 valence electrons. The van der Waals surface area contributed by atoms with Gasteiger partial charge in [0.15, 0.2) is 0 Å². The maximum Gasteiger partial charge on any atom is 0.228 e. The summed E-state index contributed by atoms with van der Waals surface area (Å²) in [5, 5.41) is 0.335. The van der Waals surface area contributed by atoms with Crippen LogP contribution in [-0.4, -0.2) is 55.8 Å². The van der Waals surface area contributed by atoms with Gasteiger partial charge in [-0.15, -0.1) is 0 Å². The lowest BCUT2D eigenvalue weighted by Gasteiger charge is -2.39. The van der Waals surface area contributed by atoms with E-state index in [1.54, 1.807) is 0 Å². The lowest BCUT2D eigenvalue weighted by Crippen LogP contribution is -2.54. The SMILES string of the molecule is CCCCCCCCCCC(N1CCN(Cc2ccccc2-c2ccc(Cl)cc2)CC1)S(=O)(=O)NC1CC1. The maximum atomic E-state index is 13.3. The van der Waals surface area contributed by atoms with Crippen molar-refractivity contribution in [1.82, 2.24) is 14.5 Å². The molecule has 2 aromatic carbocycles. The van der Waals surface area contributed by atoms with Crippen molar-refractivity contribution in [3.05, 3.63) is 59.1 Å². The summed E-state index contributed by atoms with van der Waals surface area (Å²) in [6.07, 6.45) is 12.5. The van der Waals surface area contributed by atoms with Crippen molar-refractivity contribution in [3.63, 3.8) is 0 Å². The number of sulfonamides is 1. The predicted octanol–water partition coefficient (Wildman–Crippen LogP) is 7.06. The Bertz CT molecular complexity index is 1080. The molecule has 2 aliphatic rings. The summed E-state index contributed by atoms with van der Waals surface area (Å²) in [7, 11) is -3.34. The monoisotopic (exact) mass is 559 g/mol. The number of benzene rings is 2. The van der Waals surface area contributed by atoms with Gasteiger partial charge in [0.2, 0.25) is 10.0 Å². The predicted molar refractivity (Wildman–Crippen MR) is 160 cm³/mol. The molecule has 0 bridgehead atoms. The van der Waals surface area contributed by atoms with E-state index in [1.165, 1.54) is 55.2 Å².